The van der Waals surface area contributed by atoms with Crippen molar-refractivity contribution in [2.24, 2.45) is 12.0 Å². The van der Waals surface area contributed by atoms with E-state index in [4.69, 9.17) is 4.74 Å². The molecule has 0 bridgehead atoms. The van der Waals surface area contributed by atoms with E-state index in [0.717, 1.165) is 31.0 Å². The SMILES string of the molecule is CN=C(NCCCOc1ccc(F)cc1)NC(C)Cc1c(C)nn(C)c1C. The van der Waals surface area contributed by atoms with Crippen LogP contribution in [-0.4, -0.2) is 42.0 Å². The first-order valence-corrected chi connectivity index (χ1v) is 9.25. The highest BCUT2D eigenvalue weighted by molar-refractivity contribution is 5.79. The Morgan fingerprint density at radius 2 is 2.00 bits per heavy atom. The molecule has 0 amide bonds. The minimum absolute atomic E-state index is 0.230. The van der Waals surface area contributed by atoms with Crippen molar-refractivity contribution in [1.29, 1.82) is 0 Å². The molecule has 0 aliphatic heterocycles. The second kappa shape index (κ2) is 9.94. The first-order valence-electron chi connectivity index (χ1n) is 9.25. The van der Waals surface area contributed by atoms with Gasteiger partial charge in [-0.15, -0.1) is 0 Å². The average molecular weight is 375 g/mol. The van der Waals surface area contributed by atoms with Crippen LogP contribution in [0.5, 0.6) is 5.75 Å². The number of hydrogen-bond acceptors (Lipinski definition) is 3. The van der Waals surface area contributed by atoms with Gasteiger partial charge in [0.25, 0.3) is 0 Å². The Morgan fingerprint density at radius 3 is 2.59 bits per heavy atom. The number of rotatable bonds is 8. The van der Waals surface area contributed by atoms with Gasteiger partial charge in [0.15, 0.2) is 5.96 Å². The van der Waals surface area contributed by atoms with E-state index in [-0.39, 0.29) is 11.9 Å². The summed E-state index contributed by atoms with van der Waals surface area (Å²) in [6, 6.07) is 6.28. The van der Waals surface area contributed by atoms with Crippen LogP contribution < -0.4 is 15.4 Å². The fourth-order valence-corrected chi connectivity index (χ4v) is 2.90. The zero-order chi connectivity index (χ0) is 19.8. The van der Waals surface area contributed by atoms with Crippen molar-refractivity contribution in [2.75, 3.05) is 20.2 Å². The molecule has 0 aliphatic carbocycles. The molecule has 0 aliphatic rings. The molecule has 6 nitrogen and oxygen atoms in total. The molecule has 0 fully saturated rings. The van der Waals surface area contributed by atoms with E-state index >= 15 is 0 Å². The fourth-order valence-electron chi connectivity index (χ4n) is 2.90. The predicted molar refractivity (Wildman–Crippen MR) is 107 cm³/mol. The van der Waals surface area contributed by atoms with Crippen LogP contribution in [-0.2, 0) is 13.5 Å². The molecule has 0 radical (unpaired) electrons. The fraction of sp³-hybridized carbons (Fsp3) is 0.500. The van der Waals surface area contributed by atoms with Gasteiger partial charge in [0, 0.05) is 32.4 Å². The van der Waals surface area contributed by atoms with E-state index in [0.29, 0.717) is 12.4 Å². The number of aliphatic imine (C=N–C) groups is 1. The Kier molecular flexibility index (Phi) is 7.64. The van der Waals surface area contributed by atoms with Crippen LogP contribution in [0.25, 0.3) is 0 Å². The van der Waals surface area contributed by atoms with Crippen LogP contribution in [0.4, 0.5) is 4.39 Å². The van der Waals surface area contributed by atoms with Crippen LogP contribution in [0.3, 0.4) is 0 Å². The molecular formula is C20H30FN5O. The second-order valence-electron chi connectivity index (χ2n) is 6.68. The van der Waals surface area contributed by atoms with Crippen LogP contribution in [0.1, 0.15) is 30.3 Å². The number of ether oxygens (including phenoxy) is 1. The molecule has 148 valence electrons. The topological polar surface area (TPSA) is 63.5 Å². The largest absolute Gasteiger partial charge is 0.494 e. The molecule has 1 heterocycles. The third-order valence-electron chi connectivity index (χ3n) is 4.47. The molecule has 1 aromatic carbocycles. The highest BCUT2D eigenvalue weighted by atomic mass is 19.1. The lowest BCUT2D eigenvalue weighted by atomic mass is 10.1. The van der Waals surface area contributed by atoms with Crippen molar-refractivity contribution in [3.63, 3.8) is 0 Å². The molecule has 0 spiro atoms. The van der Waals surface area contributed by atoms with Gasteiger partial charge in [-0.25, -0.2) is 4.39 Å². The maximum Gasteiger partial charge on any atom is 0.191 e. The van der Waals surface area contributed by atoms with Crippen molar-refractivity contribution < 1.29 is 9.13 Å². The summed E-state index contributed by atoms with van der Waals surface area (Å²) >= 11 is 0. The predicted octanol–water partition coefficient (Wildman–Crippen LogP) is 2.74. The summed E-state index contributed by atoms with van der Waals surface area (Å²) in [7, 11) is 3.73. The van der Waals surface area contributed by atoms with Gasteiger partial charge in [-0.3, -0.25) is 9.67 Å². The molecule has 1 aromatic heterocycles. The van der Waals surface area contributed by atoms with Gasteiger partial charge >= 0.3 is 0 Å². The third-order valence-corrected chi connectivity index (χ3v) is 4.47. The first kappa shape index (κ1) is 20.7. The highest BCUT2D eigenvalue weighted by Gasteiger charge is 2.13. The summed E-state index contributed by atoms with van der Waals surface area (Å²) < 4.78 is 20.4. The molecule has 2 N–H and O–H groups in total. The van der Waals surface area contributed by atoms with Crippen molar-refractivity contribution >= 4 is 5.96 Å². The zero-order valence-electron chi connectivity index (χ0n) is 16.8. The van der Waals surface area contributed by atoms with Crippen LogP contribution >= 0.6 is 0 Å². The molecule has 1 atom stereocenters. The molecule has 2 aromatic rings. The molecule has 0 saturated heterocycles. The van der Waals surface area contributed by atoms with Gasteiger partial charge in [0.1, 0.15) is 11.6 Å². The molecule has 1 unspecified atom stereocenters. The number of halogens is 1. The summed E-state index contributed by atoms with van der Waals surface area (Å²) in [6.45, 7) is 7.56. The Hall–Kier alpha value is -2.57. The van der Waals surface area contributed by atoms with Gasteiger partial charge in [-0.05, 0) is 63.4 Å². The van der Waals surface area contributed by atoms with E-state index in [9.17, 15) is 4.39 Å². The Balaban J connectivity index is 1.71. The summed E-state index contributed by atoms with van der Waals surface area (Å²) in [5.74, 6) is 1.18. The number of benzene rings is 1. The number of hydrogen-bond donors (Lipinski definition) is 2. The van der Waals surface area contributed by atoms with E-state index in [1.807, 2.05) is 18.7 Å². The van der Waals surface area contributed by atoms with E-state index in [1.54, 1.807) is 19.2 Å². The van der Waals surface area contributed by atoms with Crippen LogP contribution in [0.2, 0.25) is 0 Å². The molecule has 2 rings (SSSR count). The van der Waals surface area contributed by atoms with E-state index < -0.39 is 0 Å². The van der Waals surface area contributed by atoms with Gasteiger partial charge in [-0.1, -0.05) is 0 Å². The lowest BCUT2D eigenvalue weighted by Crippen LogP contribution is -2.43. The summed E-state index contributed by atoms with van der Waals surface area (Å²) in [5.41, 5.74) is 3.55. The first-order chi connectivity index (χ1) is 12.9. The molecular weight excluding hydrogens is 345 g/mol. The van der Waals surface area contributed by atoms with Crippen molar-refractivity contribution in [3.05, 3.63) is 47.0 Å². The van der Waals surface area contributed by atoms with E-state index in [1.165, 1.54) is 23.4 Å². The van der Waals surface area contributed by atoms with Crippen molar-refractivity contribution in [3.8, 4) is 5.75 Å². The number of aryl methyl sites for hydroxylation is 2. The van der Waals surface area contributed by atoms with Gasteiger partial charge in [-0.2, -0.15) is 5.10 Å². The van der Waals surface area contributed by atoms with Gasteiger partial charge in [0.05, 0.1) is 12.3 Å². The smallest absolute Gasteiger partial charge is 0.191 e. The number of aromatic nitrogens is 2. The number of nitrogens with one attached hydrogen (secondary N) is 2. The highest BCUT2D eigenvalue weighted by Crippen LogP contribution is 2.14. The second-order valence-corrected chi connectivity index (χ2v) is 6.68. The van der Waals surface area contributed by atoms with Gasteiger partial charge in [0.2, 0.25) is 0 Å². The summed E-state index contributed by atoms with van der Waals surface area (Å²) in [6.07, 6.45) is 1.70. The Labute approximate surface area is 160 Å². The minimum atomic E-state index is -0.260. The molecule has 7 heteroatoms. The summed E-state index contributed by atoms with van der Waals surface area (Å²) in [4.78, 5) is 4.28. The summed E-state index contributed by atoms with van der Waals surface area (Å²) in [5, 5.41) is 11.2. The number of guanidine groups is 1. The monoisotopic (exact) mass is 375 g/mol. The number of nitrogens with zero attached hydrogens (tertiary/aromatic N) is 3. The maximum atomic E-state index is 12.9. The minimum Gasteiger partial charge on any atom is -0.494 e. The Bertz CT molecular complexity index is 754. The van der Waals surface area contributed by atoms with Crippen LogP contribution in [0, 0.1) is 19.7 Å². The molecule has 0 saturated carbocycles. The Morgan fingerprint density at radius 1 is 1.30 bits per heavy atom. The quantitative estimate of drug-likeness (QED) is 0.423. The van der Waals surface area contributed by atoms with Crippen molar-refractivity contribution in [2.45, 2.75) is 39.7 Å². The lowest BCUT2D eigenvalue weighted by molar-refractivity contribution is 0.310. The maximum absolute atomic E-state index is 12.9. The normalized spacial score (nSPS) is 12.7. The van der Waals surface area contributed by atoms with Crippen molar-refractivity contribution in [1.82, 2.24) is 20.4 Å². The average Bonchev–Trinajstić information content (AvgIpc) is 2.88. The third kappa shape index (κ3) is 6.27. The molecule has 27 heavy (non-hydrogen) atoms. The lowest BCUT2D eigenvalue weighted by Gasteiger charge is -2.18. The van der Waals surface area contributed by atoms with E-state index in [2.05, 4.69) is 34.6 Å². The van der Waals surface area contributed by atoms with Gasteiger partial charge < -0.3 is 15.4 Å². The van der Waals surface area contributed by atoms with Crippen LogP contribution in [0.15, 0.2) is 29.3 Å². The zero-order valence-corrected chi connectivity index (χ0v) is 16.8. The standard InChI is InChI=1S/C20H30FN5O/c1-14(13-19-15(2)25-26(5)16(19)3)24-20(22-4)23-11-6-12-27-18-9-7-17(21)8-10-18/h7-10,14H,6,11-13H2,1-5H3,(H2,22,23,24).